The fourth-order valence-electron chi connectivity index (χ4n) is 3.44. The molecule has 0 bridgehead atoms. The highest BCUT2D eigenvalue weighted by molar-refractivity contribution is 7.92. The van der Waals surface area contributed by atoms with Gasteiger partial charge in [-0.3, -0.25) is 14.5 Å². The number of carbonyl (C=O) groups is 1. The standard InChI is InChI=1S/C24H23N5O4S/c1-16-5-4-6-17(2)23(16)28-34(31,32)22-13-18(7-8-21(22)33-3)27-24(30)20-14-19(9-10-26-20)29-12-11-25-15-29/h4-15,28H,1-3H3,(H,27,30). The minimum atomic E-state index is -4.01. The molecule has 0 saturated carbocycles. The molecule has 4 aromatic rings. The zero-order valence-electron chi connectivity index (χ0n) is 18.8. The first-order valence-corrected chi connectivity index (χ1v) is 11.8. The number of nitrogens with zero attached hydrogens (tertiary/aromatic N) is 3. The number of aryl methyl sites for hydroxylation is 2. The van der Waals surface area contributed by atoms with Gasteiger partial charge in [-0.2, -0.15) is 0 Å². The SMILES string of the molecule is COc1ccc(NC(=O)c2cc(-n3ccnc3)ccn2)cc1S(=O)(=O)Nc1c(C)cccc1C. The number of carbonyl (C=O) groups excluding carboxylic acids is 1. The van der Waals surface area contributed by atoms with Crippen LogP contribution in [-0.4, -0.2) is 36.0 Å². The van der Waals surface area contributed by atoms with Crippen molar-refractivity contribution in [3.8, 4) is 11.4 Å². The number of rotatable bonds is 7. The van der Waals surface area contributed by atoms with E-state index in [0.717, 1.165) is 11.1 Å². The maximum atomic E-state index is 13.2. The maximum absolute atomic E-state index is 13.2. The molecule has 0 unspecified atom stereocenters. The number of amides is 1. The van der Waals surface area contributed by atoms with Crippen LogP contribution in [0.4, 0.5) is 11.4 Å². The number of hydrogen-bond donors (Lipinski definition) is 2. The van der Waals surface area contributed by atoms with Gasteiger partial charge in [-0.25, -0.2) is 13.4 Å². The maximum Gasteiger partial charge on any atom is 0.274 e. The first kappa shape index (κ1) is 23.0. The third-order valence-corrected chi connectivity index (χ3v) is 6.58. The Bertz CT molecular complexity index is 1430. The number of sulfonamides is 1. The van der Waals surface area contributed by atoms with E-state index in [4.69, 9.17) is 4.74 Å². The molecule has 0 aliphatic heterocycles. The summed E-state index contributed by atoms with van der Waals surface area (Å²) in [7, 11) is -2.63. The second kappa shape index (κ2) is 9.36. The lowest BCUT2D eigenvalue weighted by atomic mass is 10.1. The summed E-state index contributed by atoms with van der Waals surface area (Å²) in [5, 5.41) is 2.71. The predicted molar refractivity (Wildman–Crippen MR) is 129 cm³/mol. The predicted octanol–water partition coefficient (Wildman–Crippen LogP) is 3.95. The summed E-state index contributed by atoms with van der Waals surface area (Å²) in [4.78, 5) is 20.9. The van der Waals surface area contributed by atoms with E-state index >= 15 is 0 Å². The van der Waals surface area contributed by atoms with E-state index in [1.807, 2.05) is 32.0 Å². The van der Waals surface area contributed by atoms with Crippen LogP contribution in [-0.2, 0) is 10.0 Å². The van der Waals surface area contributed by atoms with Crippen molar-refractivity contribution in [1.82, 2.24) is 14.5 Å². The Morgan fingerprint density at radius 1 is 1.03 bits per heavy atom. The second-order valence-corrected chi connectivity index (χ2v) is 9.21. The second-order valence-electron chi connectivity index (χ2n) is 7.56. The zero-order valence-corrected chi connectivity index (χ0v) is 19.6. The topological polar surface area (TPSA) is 115 Å². The lowest BCUT2D eigenvalue weighted by molar-refractivity contribution is 0.102. The highest BCUT2D eigenvalue weighted by atomic mass is 32.2. The molecule has 0 aliphatic carbocycles. The van der Waals surface area contributed by atoms with Crippen LogP contribution in [0, 0.1) is 13.8 Å². The molecule has 0 atom stereocenters. The Morgan fingerprint density at radius 2 is 1.79 bits per heavy atom. The first-order chi connectivity index (χ1) is 16.3. The summed E-state index contributed by atoms with van der Waals surface area (Å²) in [6.45, 7) is 3.65. The molecule has 34 heavy (non-hydrogen) atoms. The van der Waals surface area contributed by atoms with Crippen LogP contribution < -0.4 is 14.8 Å². The molecule has 0 radical (unpaired) electrons. The van der Waals surface area contributed by atoms with Gasteiger partial charge in [0.2, 0.25) is 0 Å². The van der Waals surface area contributed by atoms with Gasteiger partial charge in [-0.1, -0.05) is 18.2 Å². The molecule has 174 valence electrons. The van der Waals surface area contributed by atoms with Gasteiger partial charge in [0.05, 0.1) is 24.8 Å². The highest BCUT2D eigenvalue weighted by Gasteiger charge is 2.22. The van der Waals surface area contributed by atoms with Crippen molar-refractivity contribution in [2.45, 2.75) is 18.7 Å². The molecule has 0 spiro atoms. The third-order valence-electron chi connectivity index (χ3n) is 5.21. The van der Waals surface area contributed by atoms with Crippen molar-refractivity contribution in [2.24, 2.45) is 0 Å². The number of para-hydroxylation sites is 1. The van der Waals surface area contributed by atoms with Crippen molar-refractivity contribution in [3.63, 3.8) is 0 Å². The summed E-state index contributed by atoms with van der Waals surface area (Å²) in [6.07, 6.45) is 6.51. The average Bonchev–Trinajstić information content (AvgIpc) is 3.37. The summed E-state index contributed by atoms with van der Waals surface area (Å²) in [6, 6.07) is 13.3. The largest absolute Gasteiger partial charge is 0.495 e. The van der Waals surface area contributed by atoms with Crippen LogP contribution in [0.15, 0.2) is 78.3 Å². The van der Waals surface area contributed by atoms with E-state index in [1.165, 1.54) is 25.4 Å². The molecule has 10 heteroatoms. The monoisotopic (exact) mass is 477 g/mol. The smallest absolute Gasteiger partial charge is 0.274 e. The first-order valence-electron chi connectivity index (χ1n) is 10.3. The van der Waals surface area contributed by atoms with Gasteiger partial charge in [0.1, 0.15) is 16.3 Å². The van der Waals surface area contributed by atoms with Crippen LogP contribution in [0.5, 0.6) is 5.75 Å². The molecule has 2 aromatic heterocycles. The van der Waals surface area contributed by atoms with Gasteiger partial charge in [0, 0.05) is 24.3 Å². The van der Waals surface area contributed by atoms with Crippen molar-refractivity contribution < 1.29 is 17.9 Å². The Labute approximate surface area is 197 Å². The van der Waals surface area contributed by atoms with E-state index in [2.05, 4.69) is 20.0 Å². The number of imidazole rings is 1. The molecule has 0 aliphatic rings. The van der Waals surface area contributed by atoms with Crippen molar-refractivity contribution in [1.29, 1.82) is 0 Å². The molecule has 1 amide bonds. The number of benzene rings is 2. The van der Waals surface area contributed by atoms with Crippen molar-refractivity contribution in [3.05, 3.63) is 90.3 Å². The normalized spacial score (nSPS) is 11.1. The average molecular weight is 478 g/mol. The Morgan fingerprint density at radius 3 is 2.47 bits per heavy atom. The molecule has 2 heterocycles. The van der Waals surface area contributed by atoms with E-state index in [9.17, 15) is 13.2 Å². The summed E-state index contributed by atoms with van der Waals surface area (Å²) in [5.74, 6) is -0.338. The summed E-state index contributed by atoms with van der Waals surface area (Å²) in [5.41, 5.74) is 3.24. The Balaban J connectivity index is 1.63. The number of nitrogens with one attached hydrogen (secondary N) is 2. The number of hydrogen-bond acceptors (Lipinski definition) is 6. The number of anilines is 2. The molecule has 2 aromatic carbocycles. The van der Waals surface area contributed by atoms with Crippen LogP contribution in [0.1, 0.15) is 21.6 Å². The number of pyridine rings is 1. The molecule has 2 N–H and O–H groups in total. The van der Waals surface area contributed by atoms with Crippen molar-refractivity contribution in [2.75, 3.05) is 17.1 Å². The summed E-state index contributed by atoms with van der Waals surface area (Å²) >= 11 is 0. The lowest BCUT2D eigenvalue weighted by Crippen LogP contribution is -2.17. The van der Waals surface area contributed by atoms with Crippen LogP contribution in [0.2, 0.25) is 0 Å². The van der Waals surface area contributed by atoms with Gasteiger partial charge in [0.25, 0.3) is 15.9 Å². The molecule has 0 saturated heterocycles. The molecule has 4 rings (SSSR count). The number of aromatic nitrogens is 3. The van der Waals surface area contributed by atoms with Crippen LogP contribution >= 0.6 is 0 Å². The van der Waals surface area contributed by atoms with Crippen molar-refractivity contribution >= 4 is 27.3 Å². The third kappa shape index (κ3) is 4.76. The van der Waals surface area contributed by atoms with E-state index in [1.54, 1.807) is 41.5 Å². The Hall–Kier alpha value is -4.18. The molecular weight excluding hydrogens is 454 g/mol. The van der Waals surface area contributed by atoms with E-state index in [0.29, 0.717) is 11.4 Å². The van der Waals surface area contributed by atoms with Gasteiger partial charge in [-0.15, -0.1) is 0 Å². The molecule has 9 nitrogen and oxygen atoms in total. The fraction of sp³-hybridized carbons (Fsp3) is 0.125. The Kier molecular flexibility index (Phi) is 6.33. The van der Waals surface area contributed by atoms with Crippen LogP contribution in [0.3, 0.4) is 0 Å². The summed E-state index contributed by atoms with van der Waals surface area (Å²) < 4.78 is 36.2. The minimum Gasteiger partial charge on any atom is -0.495 e. The van der Waals surface area contributed by atoms with E-state index in [-0.39, 0.29) is 22.0 Å². The highest BCUT2D eigenvalue weighted by Crippen LogP contribution is 2.31. The lowest BCUT2D eigenvalue weighted by Gasteiger charge is -2.16. The van der Waals surface area contributed by atoms with E-state index < -0.39 is 15.9 Å². The van der Waals surface area contributed by atoms with Crippen LogP contribution in [0.25, 0.3) is 5.69 Å². The molecular formula is C24H23N5O4S. The van der Waals surface area contributed by atoms with Gasteiger partial charge < -0.3 is 14.6 Å². The minimum absolute atomic E-state index is 0.101. The van der Waals surface area contributed by atoms with Gasteiger partial charge >= 0.3 is 0 Å². The quantitative estimate of drug-likeness (QED) is 0.417. The molecule has 0 fully saturated rings. The fourth-order valence-corrected chi connectivity index (χ4v) is 4.84. The zero-order chi connectivity index (χ0) is 24.3. The van der Waals surface area contributed by atoms with Gasteiger partial charge in [0.15, 0.2) is 0 Å². The number of methoxy groups -OCH3 is 1. The van der Waals surface area contributed by atoms with Gasteiger partial charge in [-0.05, 0) is 55.3 Å². The number of ether oxygens (including phenoxy) is 1.